The van der Waals surface area contributed by atoms with Crippen LogP contribution < -0.4 is 5.32 Å². The number of rotatable bonds is 3. The van der Waals surface area contributed by atoms with E-state index in [-0.39, 0.29) is 18.5 Å². The lowest BCUT2D eigenvalue weighted by molar-refractivity contribution is 0.102. The number of aliphatic hydroxyl groups excluding tert-OH is 1. The van der Waals surface area contributed by atoms with Gasteiger partial charge >= 0.3 is 0 Å². The average Bonchev–Trinajstić information content (AvgIpc) is 2.85. The predicted octanol–water partition coefficient (Wildman–Crippen LogP) is 0.196. The van der Waals surface area contributed by atoms with Gasteiger partial charge in [-0.15, -0.1) is 5.10 Å². The van der Waals surface area contributed by atoms with E-state index in [1.54, 1.807) is 31.3 Å². The second kappa shape index (κ2) is 6.45. The van der Waals surface area contributed by atoms with Gasteiger partial charge in [-0.25, -0.2) is 0 Å². The maximum atomic E-state index is 11.9. The van der Waals surface area contributed by atoms with Crippen molar-refractivity contribution >= 4 is 11.9 Å². The topological polar surface area (TPSA) is 92.9 Å². The highest BCUT2D eigenvalue weighted by atomic mass is 16.2. The van der Waals surface area contributed by atoms with Crippen LogP contribution in [0.4, 0.5) is 5.95 Å². The van der Waals surface area contributed by atoms with Crippen molar-refractivity contribution in [2.45, 2.75) is 6.42 Å². The summed E-state index contributed by atoms with van der Waals surface area (Å²) < 4.78 is 0. The lowest BCUT2D eigenvalue weighted by Crippen LogP contribution is -2.13. The van der Waals surface area contributed by atoms with Crippen LogP contribution in [0.5, 0.6) is 0 Å². The van der Waals surface area contributed by atoms with Gasteiger partial charge in [0.25, 0.3) is 11.9 Å². The molecule has 0 aliphatic carbocycles. The Labute approximate surface area is 115 Å². The molecule has 0 radical (unpaired) electrons. The monoisotopic (exact) mass is 271 g/mol. The summed E-state index contributed by atoms with van der Waals surface area (Å²) >= 11 is 0. The van der Waals surface area contributed by atoms with Gasteiger partial charge in [-0.1, -0.05) is 16.9 Å². The number of hydrogen-bond donors (Lipinski definition) is 2. The predicted molar refractivity (Wildman–Crippen MR) is 71.8 cm³/mol. The lowest BCUT2D eigenvalue weighted by atomic mass is 10.1. The first-order chi connectivity index (χ1) is 9.69. The summed E-state index contributed by atoms with van der Waals surface area (Å²) in [5.41, 5.74) is 1.26. The first kappa shape index (κ1) is 13.7. The Bertz CT molecular complexity index is 651. The Morgan fingerprint density at radius 1 is 1.40 bits per heavy atom. The number of hydrogen-bond acceptors (Lipinski definition) is 5. The van der Waals surface area contributed by atoms with Crippen molar-refractivity contribution < 1.29 is 9.90 Å². The minimum atomic E-state index is -0.312. The van der Waals surface area contributed by atoms with Gasteiger partial charge in [0.1, 0.15) is 0 Å². The molecule has 7 nitrogen and oxygen atoms in total. The van der Waals surface area contributed by atoms with E-state index in [4.69, 9.17) is 5.11 Å². The average molecular weight is 271 g/mol. The number of aliphatic hydroxyl groups is 1. The van der Waals surface area contributed by atoms with Crippen LogP contribution in [0.2, 0.25) is 0 Å². The highest BCUT2D eigenvalue weighted by Crippen LogP contribution is 2.05. The lowest BCUT2D eigenvalue weighted by Gasteiger charge is -2.00. The van der Waals surface area contributed by atoms with Gasteiger partial charge in [0, 0.05) is 17.5 Å². The van der Waals surface area contributed by atoms with Crippen LogP contribution >= 0.6 is 0 Å². The second-order valence-corrected chi connectivity index (χ2v) is 3.91. The molecule has 0 spiro atoms. The summed E-state index contributed by atoms with van der Waals surface area (Å²) in [4.78, 5) is 13.2. The van der Waals surface area contributed by atoms with Gasteiger partial charge in [-0.2, -0.15) is 4.80 Å². The normalized spacial score (nSPS) is 9.70. The summed E-state index contributed by atoms with van der Waals surface area (Å²) in [5, 5.41) is 22.3. The second-order valence-electron chi connectivity index (χ2n) is 3.91. The van der Waals surface area contributed by atoms with Gasteiger partial charge < -0.3 is 5.11 Å². The van der Waals surface area contributed by atoms with E-state index in [2.05, 4.69) is 32.6 Å². The number of benzene rings is 1. The van der Waals surface area contributed by atoms with Gasteiger partial charge in [0.15, 0.2) is 0 Å². The van der Waals surface area contributed by atoms with Crippen LogP contribution in [0.3, 0.4) is 0 Å². The van der Waals surface area contributed by atoms with Crippen molar-refractivity contribution in [1.82, 2.24) is 20.2 Å². The molecule has 0 aliphatic heterocycles. The molecule has 2 aromatic rings. The summed E-state index contributed by atoms with van der Waals surface area (Å²) in [6.07, 6.45) is 0.431. The number of carbonyl (C=O) groups excluding carboxylic acids is 1. The van der Waals surface area contributed by atoms with E-state index in [1.807, 2.05) is 0 Å². The van der Waals surface area contributed by atoms with Crippen molar-refractivity contribution in [2.24, 2.45) is 7.05 Å². The highest BCUT2D eigenvalue weighted by molar-refractivity contribution is 6.03. The zero-order chi connectivity index (χ0) is 14.4. The van der Waals surface area contributed by atoms with Crippen molar-refractivity contribution in [1.29, 1.82) is 0 Å². The minimum absolute atomic E-state index is 0.0403. The Balaban J connectivity index is 2.02. The van der Waals surface area contributed by atoms with E-state index in [1.165, 1.54) is 4.80 Å². The molecule has 1 aromatic heterocycles. The summed E-state index contributed by atoms with van der Waals surface area (Å²) in [6.45, 7) is 0.0403. The Hall–Kier alpha value is -2.72. The maximum absolute atomic E-state index is 11.9. The SMILES string of the molecule is Cn1nnc(NC(=O)c2ccc(C#CCCO)cc2)n1. The third-order valence-corrected chi connectivity index (χ3v) is 2.35. The molecule has 2 rings (SSSR count). The zero-order valence-electron chi connectivity index (χ0n) is 10.9. The Kier molecular flexibility index (Phi) is 4.42. The molecule has 0 bridgehead atoms. The molecule has 20 heavy (non-hydrogen) atoms. The fourth-order valence-corrected chi connectivity index (χ4v) is 1.43. The standard InChI is InChI=1S/C13H13N5O2/c1-18-16-13(15-17-18)14-12(20)11-7-5-10(6-8-11)4-2-3-9-19/h5-8,19H,3,9H2,1H3,(H,14,16,20). The van der Waals surface area contributed by atoms with E-state index in [0.29, 0.717) is 12.0 Å². The molecular formula is C13H13N5O2. The van der Waals surface area contributed by atoms with Crippen LogP contribution in [-0.4, -0.2) is 37.8 Å². The molecule has 2 N–H and O–H groups in total. The molecular weight excluding hydrogens is 258 g/mol. The number of aryl methyl sites for hydroxylation is 1. The molecule has 0 aliphatic rings. The quantitative estimate of drug-likeness (QED) is 0.778. The molecule has 1 amide bonds. The maximum Gasteiger partial charge on any atom is 0.270 e. The van der Waals surface area contributed by atoms with Crippen LogP contribution in [0, 0.1) is 11.8 Å². The Morgan fingerprint density at radius 2 is 2.15 bits per heavy atom. The van der Waals surface area contributed by atoms with E-state index >= 15 is 0 Å². The first-order valence-corrected chi connectivity index (χ1v) is 5.94. The fourth-order valence-electron chi connectivity index (χ4n) is 1.43. The molecule has 1 heterocycles. The smallest absolute Gasteiger partial charge is 0.270 e. The molecule has 102 valence electrons. The molecule has 0 saturated carbocycles. The van der Waals surface area contributed by atoms with Gasteiger partial charge in [0.05, 0.1) is 13.7 Å². The van der Waals surface area contributed by atoms with E-state index in [9.17, 15) is 4.79 Å². The third kappa shape index (κ3) is 3.63. The molecule has 0 unspecified atom stereocenters. The van der Waals surface area contributed by atoms with Crippen LogP contribution in [0.1, 0.15) is 22.3 Å². The summed E-state index contributed by atoms with van der Waals surface area (Å²) in [7, 11) is 1.61. The molecule has 1 aromatic carbocycles. The summed E-state index contributed by atoms with van der Waals surface area (Å²) in [6, 6.07) is 6.80. The number of anilines is 1. The number of carbonyl (C=O) groups is 1. The van der Waals surface area contributed by atoms with Crippen molar-refractivity contribution in [3.63, 3.8) is 0 Å². The highest BCUT2D eigenvalue weighted by Gasteiger charge is 2.08. The summed E-state index contributed by atoms with van der Waals surface area (Å²) in [5.74, 6) is 5.54. The number of amides is 1. The van der Waals surface area contributed by atoms with Crippen molar-refractivity contribution in [2.75, 3.05) is 11.9 Å². The van der Waals surface area contributed by atoms with Crippen molar-refractivity contribution in [3.8, 4) is 11.8 Å². The van der Waals surface area contributed by atoms with Crippen LogP contribution in [-0.2, 0) is 7.05 Å². The van der Waals surface area contributed by atoms with Gasteiger partial charge in [-0.05, 0) is 29.5 Å². The number of aromatic nitrogens is 4. The number of tetrazole rings is 1. The molecule has 0 saturated heterocycles. The van der Waals surface area contributed by atoms with E-state index in [0.717, 1.165) is 5.56 Å². The molecule has 0 atom stereocenters. The minimum Gasteiger partial charge on any atom is -0.395 e. The van der Waals surface area contributed by atoms with Crippen molar-refractivity contribution in [3.05, 3.63) is 35.4 Å². The Morgan fingerprint density at radius 3 is 2.75 bits per heavy atom. The fraction of sp³-hybridized carbons (Fsp3) is 0.231. The van der Waals surface area contributed by atoms with Crippen LogP contribution in [0.25, 0.3) is 0 Å². The largest absolute Gasteiger partial charge is 0.395 e. The number of nitrogens with one attached hydrogen (secondary N) is 1. The van der Waals surface area contributed by atoms with Gasteiger partial charge in [-0.3, -0.25) is 10.1 Å². The van der Waals surface area contributed by atoms with Gasteiger partial charge in [0.2, 0.25) is 0 Å². The van der Waals surface area contributed by atoms with E-state index < -0.39 is 0 Å². The molecule has 7 heteroatoms. The molecule has 0 fully saturated rings. The van der Waals surface area contributed by atoms with Crippen LogP contribution in [0.15, 0.2) is 24.3 Å². The zero-order valence-corrected chi connectivity index (χ0v) is 10.9. The first-order valence-electron chi connectivity index (χ1n) is 5.94. The third-order valence-electron chi connectivity index (χ3n) is 2.35. The number of nitrogens with zero attached hydrogens (tertiary/aromatic N) is 4.